The third-order valence-corrected chi connectivity index (χ3v) is 4.29. The van der Waals surface area contributed by atoms with Gasteiger partial charge in [-0.25, -0.2) is 9.37 Å². The SMILES string of the molecule is Cc1ncsc1CCC(CO)Cc1cccc(F)c1. The predicted octanol–water partition coefficient (Wildman–Crippen LogP) is 3.37. The molecule has 0 bridgehead atoms. The van der Waals surface area contributed by atoms with Gasteiger partial charge in [0.05, 0.1) is 11.2 Å². The van der Waals surface area contributed by atoms with Gasteiger partial charge < -0.3 is 5.11 Å². The van der Waals surface area contributed by atoms with Crippen molar-refractivity contribution in [3.8, 4) is 0 Å². The molecule has 0 saturated carbocycles. The first-order chi connectivity index (χ1) is 9.19. The fraction of sp³-hybridized carbons (Fsp3) is 0.400. The molecule has 19 heavy (non-hydrogen) atoms. The number of aliphatic hydroxyl groups is 1. The topological polar surface area (TPSA) is 33.1 Å². The highest BCUT2D eigenvalue weighted by molar-refractivity contribution is 7.09. The Labute approximate surface area is 116 Å². The molecule has 0 aliphatic heterocycles. The van der Waals surface area contributed by atoms with Crippen molar-refractivity contribution in [1.29, 1.82) is 0 Å². The van der Waals surface area contributed by atoms with Crippen molar-refractivity contribution in [2.45, 2.75) is 26.2 Å². The summed E-state index contributed by atoms with van der Waals surface area (Å²) in [5, 5.41) is 9.45. The summed E-state index contributed by atoms with van der Waals surface area (Å²) in [5.41, 5.74) is 3.87. The number of aliphatic hydroxyl groups excluding tert-OH is 1. The summed E-state index contributed by atoms with van der Waals surface area (Å²) in [7, 11) is 0. The van der Waals surface area contributed by atoms with E-state index in [1.807, 2.05) is 18.5 Å². The number of hydrogen-bond acceptors (Lipinski definition) is 3. The summed E-state index contributed by atoms with van der Waals surface area (Å²) >= 11 is 1.66. The van der Waals surface area contributed by atoms with Gasteiger partial charge in [0.2, 0.25) is 0 Å². The maximum absolute atomic E-state index is 13.1. The Balaban J connectivity index is 1.92. The number of benzene rings is 1. The van der Waals surface area contributed by atoms with Crippen LogP contribution in [0.2, 0.25) is 0 Å². The van der Waals surface area contributed by atoms with E-state index in [9.17, 15) is 9.50 Å². The molecule has 0 saturated heterocycles. The van der Waals surface area contributed by atoms with Crippen LogP contribution in [-0.4, -0.2) is 16.7 Å². The molecule has 102 valence electrons. The minimum atomic E-state index is -0.215. The molecule has 0 fully saturated rings. The van der Waals surface area contributed by atoms with Crippen LogP contribution in [0.25, 0.3) is 0 Å². The van der Waals surface area contributed by atoms with Crippen LogP contribution in [-0.2, 0) is 12.8 Å². The molecule has 0 aliphatic carbocycles. The molecule has 1 unspecified atom stereocenters. The highest BCUT2D eigenvalue weighted by Gasteiger charge is 2.11. The largest absolute Gasteiger partial charge is 0.396 e. The average molecular weight is 279 g/mol. The molecule has 4 heteroatoms. The summed E-state index contributed by atoms with van der Waals surface area (Å²) in [6, 6.07) is 6.61. The van der Waals surface area contributed by atoms with Crippen LogP contribution in [0.5, 0.6) is 0 Å². The lowest BCUT2D eigenvalue weighted by atomic mass is 9.95. The predicted molar refractivity (Wildman–Crippen MR) is 75.9 cm³/mol. The Morgan fingerprint density at radius 1 is 1.42 bits per heavy atom. The Kier molecular flexibility index (Phi) is 5.05. The minimum Gasteiger partial charge on any atom is -0.396 e. The van der Waals surface area contributed by atoms with E-state index in [1.54, 1.807) is 23.5 Å². The second-order valence-corrected chi connectivity index (χ2v) is 5.72. The van der Waals surface area contributed by atoms with Crippen molar-refractivity contribution in [3.63, 3.8) is 0 Å². The van der Waals surface area contributed by atoms with Crippen molar-refractivity contribution in [3.05, 3.63) is 51.7 Å². The Morgan fingerprint density at radius 2 is 2.26 bits per heavy atom. The number of rotatable bonds is 6. The van der Waals surface area contributed by atoms with E-state index in [-0.39, 0.29) is 18.3 Å². The molecule has 0 spiro atoms. The lowest BCUT2D eigenvalue weighted by Crippen LogP contribution is -2.11. The molecule has 1 aromatic heterocycles. The van der Waals surface area contributed by atoms with Gasteiger partial charge in [-0.2, -0.15) is 0 Å². The first-order valence-corrected chi connectivity index (χ1v) is 7.31. The van der Waals surface area contributed by atoms with E-state index >= 15 is 0 Å². The van der Waals surface area contributed by atoms with Crippen LogP contribution in [0.15, 0.2) is 29.8 Å². The van der Waals surface area contributed by atoms with Gasteiger partial charge >= 0.3 is 0 Å². The molecule has 2 rings (SSSR count). The summed E-state index contributed by atoms with van der Waals surface area (Å²) in [4.78, 5) is 5.50. The molecule has 1 N–H and O–H groups in total. The third kappa shape index (κ3) is 4.11. The quantitative estimate of drug-likeness (QED) is 0.879. The number of hydrogen-bond donors (Lipinski definition) is 1. The molecule has 1 atom stereocenters. The van der Waals surface area contributed by atoms with Gasteiger partial charge in [0, 0.05) is 11.5 Å². The van der Waals surface area contributed by atoms with Crippen molar-refractivity contribution < 1.29 is 9.50 Å². The van der Waals surface area contributed by atoms with E-state index in [2.05, 4.69) is 4.98 Å². The van der Waals surface area contributed by atoms with Gasteiger partial charge in [-0.3, -0.25) is 0 Å². The van der Waals surface area contributed by atoms with Crippen LogP contribution in [0.1, 0.15) is 22.6 Å². The molecule has 1 heterocycles. The second kappa shape index (κ2) is 6.78. The minimum absolute atomic E-state index is 0.133. The van der Waals surface area contributed by atoms with Crippen LogP contribution in [0.3, 0.4) is 0 Å². The molecule has 0 radical (unpaired) electrons. The van der Waals surface area contributed by atoms with E-state index < -0.39 is 0 Å². The van der Waals surface area contributed by atoms with Crippen molar-refractivity contribution in [1.82, 2.24) is 4.98 Å². The summed E-state index contributed by atoms with van der Waals surface area (Å²) in [6.07, 6.45) is 2.54. The van der Waals surface area contributed by atoms with E-state index in [1.165, 1.54) is 10.9 Å². The van der Waals surface area contributed by atoms with Crippen molar-refractivity contribution in [2.75, 3.05) is 6.61 Å². The zero-order valence-corrected chi connectivity index (χ0v) is 11.8. The smallest absolute Gasteiger partial charge is 0.123 e. The van der Waals surface area contributed by atoms with Crippen molar-refractivity contribution in [2.24, 2.45) is 5.92 Å². The molecular weight excluding hydrogens is 261 g/mol. The number of nitrogens with zero attached hydrogens (tertiary/aromatic N) is 1. The highest BCUT2D eigenvalue weighted by Crippen LogP contribution is 2.20. The van der Waals surface area contributed by atoms with Crippen molar-refractivity contribution >= 4 is 11.3 Å². The Hall–Kier alpha value is -1.26. The van der Waals surface area contributed by atoms with Gasteiger partial charge in [-0.1, -0.05) is 12.1 Å². The normalized spacial score (nSPS) is 12.6. The number of aromatic nitrogens is 1. The first-order valence-electron chi connectivity index (χ1n) is 6.43. The molecule has 0 amide bonds. The second-order valence-electron chi connectivity index (χ2n) is 4.78. The lowest BCUT2D eigenvalue weighted by Gasteiger charge is -2.13. The fourth-order valence-corrected chi connectivity index (χ4v) is 2.95. The zero-order chi connectivity index (χ0) is 13.7. The lowest BCUT2D eigenvalue weighted by molar-refractivity contribution is 0.218. The first kappa shape index (κ1) is 14.2. The zero-order valence-electron chi connectivity index (χ0n) is 11.0. The fourth-order valence-electron chi connectivity index (χ4n) is 2.16. The number of halogens is 1. The number of aryl methyl sites for hydroxylation is 2. The van der Waals surface area contributed by atoms with Crippen LogP contribution in [0, 0.1) is 18.7 Å². The number of thiazole rings is 1. The summed E-state index contributed by atoms with van der Waals surface area (Å²) < 4.78 is 13.1. The van der Waals surface area contributed by atoms with Gasteiger partial charge in [0.1, 0.15) is 5.82 Å². The van der Waals surface area contributed by atoms with E-state index in [0.717, 1.165) is 24.1 Å². The molecule has 2 aromatic rings. The monoisotopic (exact) mass is 279 g/mol. The third-order valence-electron chi connectivity index (χ3n) is 3.30. The summed E-state index contributed by atoms with van der Waals surface area (Å²) in [5.74, 6) is -0.0456. The summed E-state index contributed by atoms with van der Waals surface area (Å²) in [6.45, 7) is 2.14. The highest BCUT2D eigenvalue weighted by atomic mass is 32.1. The van der Waals surface area contributed by atoms with E-state index in [4.69, 9.17) is 0 Å². The Morgan fingerprint density at radius 3 is 2.89 bits per heavy atom. The van der Waals surface area contributed by atoms with E-state index in [0.29, 0.717) is 6.42 Å². The van der Waals surface area contributed by atoms with Gasteiger partial charge in [0.15, 0.2) is 0 Å². The van der Waals surface area contributed by atoms with Crippen LogP contribution >= 0.6 is 11.3 Å². The van der Waals surface area contributed by atoms with Crippen LogP contribution in [0.4, 0.5) is 4.39 Å². The average Bonchev–Trinajstić information content (AvgIpc) is 2.80. The Bertz CT molecular complexity index is 526. The molecule has 2 nitrogen and oxygen atoms in total. The van der Waals surface area contributed by atoms with Crippen LogP contribution < -0.4 is 0 Å². The molecular formula is C15H18FNOS. The maximum Gasteiger partial charge on any atom is 0.123 e. The maximum atomic E-state index is 13.1. The molecule has 0 aliphatic rings. The van der Waals surface area contributed by atoms with Gasteiger partial charge in [0.25, 0.3) is 0 Å². The standard InChI is InChI=1S/C15H18FNOS/c1-11-15(19-10-17-11)6-5-13(9-18)7-12-3-2-4-14(16)8-12/h2-4,8,10,13,18H,5-7,9H2,1H3. The van der Waals surface area contributed by atoms with Gasteiger partial charge in [-0.15, -0.1) is 11.3 Å². The molecule has 1 aromatic carbocycles. The van der Waals surface area contributed by atoms with Gasteiger partial charge in [-0.05, 0) is 49.8 Å².